The van der Waals surface area contributed by atoms with E-state index in [-0.39, 0.29) is 11.5 Å². The molecule has 0 atom stereocenters. The molecule has 0 fully saturated rings. The predicted molar refractivity (Wildman–Crippen MR) is 105 cm³/mol. The lowest BCUT2D eigenvalue weighted by molar-refractivity contribution is 0.0721. The highest BCUT2D eigenvalue weighted by Crippen LogP contribution is 2.23. The van der Waals surface area contributed by atoms with Crippen LogP contribution in [0.2, 0.25) is 0 Å². The van der Waals surface area contributed by atoms with Gasteiger partial charge in [-0.3, -0.25) is 9.59 Å². The number of amides is 1. The Morgan fingerprint density at radius 1 is 1.25 bits per heavy atom. The monoisotopic (exact) mass is 380 g/mol. The minimum absolute atomic E-state index is 0.191. The maximum Gasteiger partial charge on any atom is 0.275 e. The molecule has 28 heavy (non-hydrogen) atoms. The number of nitrogens with zero attached hydrogens (tertiary/aromatic N) is 4. The number of hydrogen-bond donors (Lipinski definition) is 0. The van der Waals surface area contributed by atoms with Gasteiger partial charge in [0.05, 0.1) is 11.9 Å². The van der Waals surface area contributed by atoms with Crippen LogP contribution < -0.4 is 5.56 Å². The molecule has 3 aromatic rings. The standard InChI is InChI=1S/C21H24N4O3/c1-13(2)8-9-18-22-16-12-25(11-10-17(16)28-18)21(27)19-14-6-4-5-7-15(14)20(26)24(3)23-19/h4-7,13H,8-12H2,1-3H3. The minimum atomic E-state index is -0.209. The predicted octanol–water partition coefficient (Wildman–Crippen LogP) is 2.71. The zero-order chi connectivity index (χ0) is 19.8. The molecule has 1 aliphatic heterocycles. The molecule has 0 radical (unpaired) electrons. The molecule has 1 aromatic carbocycles. The van der Waals surface area contributed by atoms with E-state index >= 15 is 0 Å². The summed E-state index contributed by atoms with van der Waals surface area (Å²) in [6, 6.07) is 7.10. The van der Waals surface area contributed by atoms with E-state index in [1.165, 1.54) is 4.68 Å². The van der Waals surface area contributed by atoms with E-state index in [0.29, 0.717) is 41.9 Å². The molecule has 3 heterocycles. The molecule has 146 valence electrons. The highest BCUT2D eigenvalue weighted by molar-refractivity contribution is 6.04. The van der Waals surface area contributed by atoms with Gasteiger partial charge in [-0.25, -0.2) is 9.67 Å². The van der Waals surface area contributed by atoms with E-state index in [1.807, 2.05) is 6.07 Å². The van der Waals surface area contributed by atoms with E-state index in [1.54, 1.807) is 30.1 Å². The van der Waals surface area contributed by atoms with Crippen molar-refractivity contribution in [2.45, 2.75) is 39.7 Å². The molecule has 0 N–H and O–H groups in total. The quantitative estimate of drug-likeness (QED) is 0.695. The number of aromatic nitrogens is 3. The number of benzene rings is 1. The second kappa shape index (κ2) is 7.22. The Morgan fingerprint density at radius 2 is 2.00 bits per heavy atom. The van der Waals surface area contributed by atoms with Crippen LogP contribution in [0.25, 0.3) is 10.8 Å². The summed E-state index contributed by atoms with van der Waals surface area (Å²) in [5.41, 5.74) is 0.913. The van der Waals surface area contributed by atoms with Crippen molar-refractivity contribution < 1.29 is 9.21 Å². The van der Waals surface area contributed by atoms with Gasteiger partial charge >= 0.3 is 0 Å². The second-order valence-corrected chi connectivity index (χ2v) is 7.71. The second-order valence-electron chi connectivity index (χ2n) is 7.71. The van der Waals surface area contributed by atoms with Crippen molar-refractivity contribution in [3.05, 3.63) is 57.7 Å². The zero-order valence-corrected chi connectivity index (χ0v) is 16.4. The van der Waals surface area contributed by atoms with E-state index in [4.69, 9.17) is 4.42 Å². The molecular formula is C21H24N4O3. The molecule has 0 unspecified atom stereocenters. The Labute approximate surface area is 163 Å². The molecule has 0 bridgehead atoms. The van der Waals surface area contributed by atoms with Gasteiger partial charge in [0.2, 0.25) is 0 Å². The fourth-order valence-electron chi connectivity index (χ4n) is 3.55. The van der Waals surface area contributed by atoms with Crippen LogP contribution >= 0.6 is 0 Å². The van der Waals surface area contributed by atoms with Crippen LogP contribution in [-0.2, 0) is 26.4 Å². The fourth-order valence-corrected chi connectivity index (χ4v) is 3.55. The maximum atomic E-state index is 13.2. The highest BCUT2D eigenvalue weighted by atomic mass is 16.4. The topological polar surface area (TPSA) is 81.2 Å². The Balaban J connectivity index is 1.62. The largest absolute Gasteiger partial charge is 0.445 e. The molecular weight excluding hydrogens is 356 g/mol. The van der Waals surface area contributed by atoms with Crippen LogP contribution in [0.1, 0.15) is 48.1 Å². The van der Waals surface area contributed by atoms with Gasteiger partial charge in [0, 0.05) is 31.8 Å². The lowest BCUT2D eigenvalue weighted by atomic mass is 10.1. The minimum Gasteiger partial charge on any atom is -0.445 e. The molecule has 0 saturated heterocycles. The third-order valence-corrected chi connectivity index (χ3v) is 5.15. The zero-order valence-electron chi connectivity index (χ0n) is 16.4. The van der Waals surface area contributed by atoms with E-state index < -0.39 is 0 Å². The van der Waals surface area contributed by atoms with Crippen molar-refractivity contribution in [1.82, 2.24) is 19.7 Å². The summed E-state index contributed by atoms with van der Waals surface area (Å²) < 4.78 is 7.11. The number of carbonyl (C=O) groups excluding carboxylic acids is 1. The van der Waals surface area contributed by atoms with Crippen molar-refractivity contribution in [2.24, 2.45) is 13.0 Å². The molecule has 7 heteroatoms. The molecule has 1 aliphatic rings. The molecule has 0 spiro atoms. The smallest absolute Gasteiger partial charge is 0.275 e. The summed E-state index contributed by atoms with van der Waals surface area (Å²) in [7, 11) is 1.57. The third kappa shape index (κ3) is 3.32. The molecule has 0 saturated carbocycles. The highest BCUT2D eigenvalue weighted by Gasteiger charge is 2.28. The first kappa shape index (κ1) is 18.4. The van der Waals surface area contributed by atoms with Gasteiger partial charge in [0.1, 0.15) is 11.5 Å². The molecule has 7 nitrogen and oxygen atoms in total. The number of carbonyl (C=O) groups is 1. The average Bonchev–Trinajstić information content (AvgIpc) is 3.11. The summed E-state index contributed by atoms with van der Waals surface area (Å²) in [6.07, 6.45) is 2.47. The van der Waals surface area contributed by atoms with Crippen LogP contribution in [0, 0.1) is 5.92 Å². The number of hydrogen-bond acceptors (Lipinski definition) is 5. The van der Waals surface area contributed by atoms with Crippen molar-refractivity contribution in [2.75, 3.05) is 6.54 Å². The van der Waals surface area contributed by atoms with Crippen LogP contribution in [0.3, 0.4) is 0 Å². The van der Waals surface area contributed by atoms with Crippen LogP contribution in [-0.4, -0.2) is 32.1 Å². The van der Waals surface area contributed by atoms with Crippen molar-refractivity contribution in [3.63, 3.8) is 0 Å². The number of aryl methyl sites for hydroxylation is 2. The third-order valence-electron chi connectivity index (χ3n) is 5.15. The normalized spacial score (nSPS) is 13.9. The Kier molecular flexibility index (Phi) is 4.75. The molecule has 4 rings (SSSR count). The van der Waals surface area contributed by atoms with Gasteiger partial charge in [-0.05, 0) is 18.4 Å². The molecule has 2 aromatic heterocycles. The van der Waals surface area contributed by atoms with E-state index in [9.17, 15) is 9.59 Å². The first-order valence-electron chi connectivity index (χ1n) is 9.67. The lowest BCUT2D eigenvalue weighted by Crippen LogP contribution is -2.37. The summed E-state index contributed by atoms with van der Waals surface area (Å²) in [6.45, 7) is 5.29. The average molecular weight is 380 g/mol. The van der Waals surface area contributed by atoms with Gasteiger partial charge in [-0.2, -0.15) is 5.10 Å². The number of fused-ring (bicyclic) bond motifs is 2. The van der Waals surface area contributed by atoms with Crippen molar-refractivity contribution >= 4 is 16.7 Å². The van der Waals surface area contributed by atoms with Gasteiger partial charge in [0.25, 0.3) is 11.5 Å². The van der Waals surface area contributed by atoms with E-state index in [0.717, 1.165) is 30.2 Å². The Morgan fingerprint density at radius 3 is 2.75 bits per heavy atom. The summed E-state index contributed by atoms with van der Waals surface area (Å²) in [4.78, 5) is 31.8. The molecule has 0 aliphatic carbocycles. The van der Waals surface area contributed by atoms with Gasteiger partial charge in [0.15, 0.2) is 11.6 Å². The molecule has 1 amide bonds. The van der Waals surface area contributed by atoms with E-state index in [2.05, 4.69) is 23.9 Å². The number of oxazole rings is 1. The Bertz CT molecular complexity index is 1100. The SMILES string of the molecule is CC(C)CCc1nc2c(o1)CCN(C(=O)c1nn(C)c(=O)c3ccccc13)C2. The fraction of sp³-hybridized carbons (Fsp3) is 0.429. The summed E-state index contributed by atoms with van der Waals surface area (Å²) in [5, 5.41) is 5.34. The lowest BCUT2D eigenvalue weighted by Gasteiger charge is -2.25. The van der Waals surface area contributed by atoms with Crippen LogP contribution in [0.5, 0.6) is 0 Å². The van der Waals surface area contributed by atoms with Crippen LogP contribution in [0.4, 0.5) is 0 Å². The van der Waals surface area contributed by atoms with Crippen molar-refractivity contribution in [1.29, 1.82) is 0 Å². The number of rotatable bonds is 4. The summed E-state index contributed by atoms with van der Waals surface area (Å²) in [5.74, 6) is 2.02. The van der Waals surface area contributed by atoms with Gasteiger partial charge in [-0.15, -0.1) is 0 Å². The van der Waals surface area contributed by atoms with Crippen molar-refractivity contribution in [3.8, 4) is 0 Å². The van der Waals surface area contributed by atoms with Gasteiger partial charge in [-0.1, -0.05) is 32.0 Å². The maximum absolute atomic E-state index is 13.2. The first-order valence-corrected chi connectivity index (χ1v) is 9.67. The van der Waals surface area contributed by atoms with Crippen LogP contribution in [0.15, 0.2) is 33.5 Å². The Hall–Kier alpha value is -2.96. The van der Waals surface area contributed by atoms with Gasteiger partial charge < -0.3 is 9.32 Å². The first-order chi connectivity index (χ1) is 13.4. The summed E-state index contributed by atoms with van der Waals surface area (Å²) >= 11 is 0.